The Morgan fingerprint density at radius 2 is 1.86 bits per heavy atom. The molecule has 6 heteroatoms. The van der Waals surface area contributed by atoms with E-state index in [2.05, 4.69) is 4.36 Å². The van der Waals surface area contributed by atoms with Crippen LogP contribution in [0.5, 0.6) is 0 Å². The first-order valence-corrected chi connectivity index (χ1v) is 7.86. The molecule has 0 saturated carbocycles. The average Bonchev–Trinajstić information content (AvgIpc) is 2.47. The van der Waals surface area contributed by atoms with Crippen LogP contribution in [0.4, 0.5) is 11.4 Å². The van der Waals surface area contributed by atoms with Crippen LogP contribution in [0.15, 0.2) is 57.1 Å². The molecule has 0 saturated heterocycles. The largest absolute Gasteiger partial charge is 0.270 e. The summed E-state index contributed by atoms with van der Waals surface area (Å²) in [6, 6.07) is 11.7. The van der Waals surface area contributed by atoms with Crippen molar-refractivity contribution in [3.8, 4) is 0 Å². The van der Waals surface area contributed by atoms with Crippen LogP contribution in [0.25, 0.3) is 6.08 Å². The summed E-state index contributed by atoms with van der Waals surface area (Å²) in [6.45, 7) is 1.96. The fourth-order valence-electron chi connectivity index (χ4n) is 2.08. The third-order valence-corrected chi connectivity index (χ3v) is 5.17. The Hall–Kier alpha value is -2.47. The topological polar surface area (TPSA) is 72.6 Å². The molecule has 2 aromatic carbocycles. The summed E-state index contributed by atoms with van der Waals surface area (Å²) in [5, 5.41) is 12.3. The molecule has 1 aliphatic rings. The van der Waals surface area contributed by atoms with Crippen molar-refractivity contribution < 1.29 is 9.13 Å². The molecular formula is C15H12N2O3S. The van der Waals surface area contributed by atoms with Crippen LogP contribution in [0, 0.1) is 17.0 Å². The molecule has 0 bridgehead atoms. The highest BCUT2D eigenvalue weighted by Crippen LogP contribution is 2.33. The first kappa shape index (κ1) is 13.5. The molecule has 0 fully saturated rings. The van der Waals surface area contributed by atoms with Crippen LogP contribution in [-0.2, 0) is 9.73 Å². The second-order valence-corrected chi connectivity index (χ2v) is 6.84. The number of fused-ring (bicyclic) bond motifs is 1. The van der Waals surface area contributed by atoms with Crippen molar-refractivity contribution in [1.29, 1.82) is 0 Å². The van der Waals surface area contributed by atoms with Crippen molar-refractivity contribution in [3.63, 3.8) is 0 Å². The van der Waals surface area contributed by atoms with E-state index in [0.717, 1.165) is 5.56 Å². The molecule has 3 rings (SSSR count). The summed E-state index contributed by atoms with van der Waals surface area (Å²) in [6.07, 6.45) is 1.64. The predicted octanol–water partition coefficient (Wildman–Crippen LogP) is 4.05. The van der Waals surface area contributed by atoms with Gasteiger partial charge in [-0.15, -0.1) is 0 Å². The number of non-ortho nitro benzene ring substituents is 1. The zero-order valence-electron chi connectivity index (χ0n) is 11.2. The Bertz CT molecular complexity index is 876. The highest BCUT2D eigenvalue weighted by atomic mass is 32.2. The van der Waals surface area contributed by atoms with Crippen molar-refractivity contribution in [2.75, 3.05) is 0 Å². The molecule has 5 nitrogen and oxygen atoms in total. The van der Waals surface area contributed by atoms with Crippen molar-refractivity contribution in [1.82, 2.24) is 0 Å². The molecule has 1 aliphatic heterocycles. The van der Waals surface area contributed by atoms with Gasteiger partial charge in [-0.1, -0.05) is 17.7 Å². The monoisotopic (exact) mass is 300 g/mol. The molecule has 21 heavy (non-hydrogen) atoms. The minimum absolute atomic E-state index is 0.00247. The van der Waals surface area contributed by atoms with Gasteiger partial charge in [0.25, 0.3) is 5.69 Å². The maximum Gasteiger partial charge on any atom is 0.270 e. The lowest BCUT2D eigenvalue weighted by molar-refractivity contribution is -0.384. The summed E-state index contributed by atoms with van der Waals surface area (Å²) in [7, 11) is -2.66. The van der Waals surface area contributed by atoms with Gasteiger partial charge < -0.3 is 0 Å². The van der Waals surface area contributed by atoms with Gasteiger partial charge in [0.1, 0.15) is 9.73 Å². The van der Waals surface area contributed by atoms with Crippen molar-refractivity contribution in [3.05, 3.63) is 69.1 Å². The SMILES string of the molecule is Cc1ccc(S2(=O)=Nc3ccc([N+](=O)[O-])cc3C=C2)cc1. The fraction of sp³-hybridized carbons (Fsp3) is 0.0667. The first-order valence-electron chi connectivity index (χ1n) is 6.28. The highest BCUT2D eigenvalue weighted by molar-refractivity contribution is 7.96. The number of rotatable bonds is 2. The lowest BCUT2D eigenvalue weighted by atomic mass is 10.1. The van der Waals surface area contributed by atoms with Gasteiger partial charge in [-0.3, -0.25) is 10.1 Å². The van der Waals surface area contributed by atoms with E-state index in [4.69, 9.17) is 0 Å². The van der Waals surface area contributed by atoms with Gasteiger partial charge in [0.15, 0.2) is 0 Å². The van der Waals surface area contributed by atoms with Gasteiger partial charge in [0.05, 0.1) is 15.5 Å². The Kier molecular flexibility index (Phi) is 3.10. The van der Waals surface area contributed by atoms with Crippen LogP contribution in [0.1, 0.15) is 11.1 Å². The third kappa shape index (κ3) is 2.45. The molecule has 0 aromatic heterocycles. The number of hydrogen-bond acceptors (Lipinski definition) is 4. The Morgan fingerprint density at radius 3 is 2.52 bits per heavy atom. The number of nitro groups is 1. The molecule has 0 N–H and O–H groups in total. The van der Waals surface area contributed by atoms with Gasteiger partial charge >= 0.3 is 0 Å². The zero-order chi connectivity index (χ0) is 15.0. The van der Waals surface area contributed by atoms with E-state index in [-0.39, 0.29) is 5.69 Å². The molecule has 0 spiro atoms. The van der Waals surface area contributed by atoms with Crippen molar-refractivity contribution in [2.24, 2.45) is 4.36 Å². The van der Waals surface area contributed by atoms with Gasteiger partial charge in [-0.05, 0) is 31.2 Å². The van der Waals surface area contributed by atoms with E-state index in [1.165, 1.54) is 23.6 Å². The maximum atomic E-state index is 12.9. The number of nitro benzene ring substituents is 1. The highest BCUT2D eigenvalue weighted by Gasteiger charge is 2.17. The third-order valence-electron chi connectivity index (χ3n) is 3.25. The minimum atomic E-state index is -2.66. The van der Waals surface area contributed by atoms with Crippen LogP contribution >= 0.6 is 0 Å². The Labute approximate surface area is 122 Å². The second kappa shape index (κ2) is 4.82. The normalized spacial score (nSPS) is 19.7. The summed E-state index contributed by atoms with van der Waals surface area (Å²) >= 11 is 0. The maximum absolute atomic E-state index is 12.9. The van der Waals surface area contributed by atoms with Crippen molar-refractivity contribution >= 4 is 27.2 Å². The van der Waals surface area contributed by atoms with E-state index in [1.54, 1.807) is 18.2 Å². The second-order valence-electron chi connectivity index (χ2n) is 4.78. The Balaban J connectivity index is 2.12. The fourth-order valence-corrected chi connectivity index (χ4v) is 3.72. The Morgan fingerprint density at radius 1 is 1.14 bits per heavy atom. The smallest absolute Gasteiger partial charge is 0.258 e. The lowest BCUT2D eigenvalue weighted by Gasteiger charge is -2.12. The molecule has 0 radical (unpaired) electrons. The first-order chi connectivity index (χ1) is 9.98. The van der Waals surface area contributed by atoms with Crippen molar-refractivity contribution in [2.45, 2.75) is 11.8 Å². The molecule has 1 unspecified atom stereocenters. The molecule has 2 aromatic rings. The standard InChI is InChI=1S/C15H12N2O3S/c1-11-2-5-14(6-3-11)21(20)9-8-12-10-13(17(18)19)4-7-15(12)16-21/h2-10H,1H3. The number of nitrogens with zero attached hydrogens (tertiary/aromatic N) is 2. The van der Waals surface area contributed by atoms with Crippen LogP contribution in [0.3, 0.4) is 0 Å². The molecule has 1 heterocycles. The van der Waals surface area contributed by atoms with Gasteiger partial charge in [-0.25, -0.2) is 4.21 Å². The van der Waals surface area contributed by atoms with E-state index in [1.807, 2.05) is 19.1 Å². The summed E-state index contributed by atoms with van der Waals surface area (Å²) in [5.74, 6) is 0. The summed E-state index contributed by atoms with van der Waals surface area (Å²) in [4.78, 5) is 10.9. The minimum Gasteiger partial charge on any atom is -0.258 e. The molecule has 1 atom stereocenters. The number of benzene rings is 2. The van der Waals surface area contributed by atoms with E-state index >= 15 is 0 Å². The molecular weight excluding hydrogens is 288 g/mol. The molecule has 106 valence electrons. The summed E-state index contributed by atoms with van der Waals surface area (Å²) < 4.78 is 17.2. The zero-order valence-corrected chi connectivity index (χ0v) is 12.0. The summed E-state index contributed by atoms with van der Waals surface area (Å²) in [5.41, 5.74) is 2.19. The molecule has 0 aliphatic carbocycles. The average molecular weight is 300 g/mol. The number of hydrogen-bond donors (Lipinski definition) is 0. The van der Waals surface area contributed by atoms with Gasteiger partial charge in [0, 0.05) is 23.1 Å². The lowest BCUT2D eigenvalue weighted by Crippen LogP contribution is -2.00. The van der Waals surface area contributed by atoms with Crippen LogP contribution < -0.4 is 0 Å². The van der Waals surface area contributed by atoms with E-state index in [9.17, 15) is 14.3 Å². The quantitative estimate of drug-likeness (QED) is 0.620. The molecule has 0 amide bonds. The van der Waals surface area contributed by atoms with Gasteiger partial charge in [-0.2, -0.15) is 4.36 Å². The van der Waals surface area contributed by atoms with E-state index < -0.39 is 14.7 Å². The van der Waals surface area contributed by atoms with E-state index in [0.29, 0.717) is 16.1 Å². The predicted molar refractivity (Wildman–Crippen MR) is 81.8 cm³/mol. The van der Waals surface area contributed by atoms with Crippen LogP contribution in [-0.4, -0.2) is 9.13 Å². The van der Waals surface area contributed by atoms with Gasteiger partial charge in [0.2, 0.25) is 0 Å². The van der Waals surface area contributed by atoms with Crippen LogP contribution in [0.2, 0.25) is 0 Å². The number of aryl methyl sites for hydroxylation is 1.